The topological polar surface area (TPSA) is 22.0 Å². The van der Waals surface area contributed by atoms with Gasteiger partial charge in [0, 0.05) is 17.8 Å². The number of carbonyl (C=O) groups is 1. The Morgan fingerprint density at radius 1 is 1.26 bits per heavy atom. The highest BCUT2D eigenvalue weighted by Crippen LogP contribution is 2.44. The molecule has 19 heavy (non-hydrogen) atoms. The van der Waals surface area contributed by atoms with Gasteiger partial charge >= 0.3 is 0 Å². The molecule has 2 aliphatic rings. The van der Waals surface area contributed by atoms with Crippen molar-refractivity contribution < 1.29 is 4.79 Å². The third kappa shape index (κ3) is 1.96. The first-order chi connectivity index (χ1) is 9.15. The normalized spacial score (nSPS) is 22.7. The van der Waals surface area contributed by atoms with Gasteiger partial charge in [0.25, 0.3) is 0 Å². The monoisotopic (exact) mass is 259 g/mol. The van der Waals surface area contributed by atoms with E-state index in [1.54, 1.807) is 0 Å². The van der Waals surface area contributed by atoms with Crippen molar-refractivity contribution in [3.05, 3.63) is 24.0 Å². The number of carbonyl (C=O) groups excluding carboxylic acids is 1. The molecule has 2 aliphatic carbocycles. The zero-order valence-electron chi connectivity index (χ0n) is 12.2. The zero-order valence-corrected chi connectivity index (χ0v) is 12.2. The van der Waals surface area contributed by atoms with Crippen LogP contribution in [0.4, 0.5) is 0 Å². The maximum absolute atomic E-state index is 12.8. The van der Waals surface area contributed by atoms with E-state index in [9.17, 15) is 4.79 Å². The Hall–Kier alpha value is -1.05. The van der Waals surface area contributed by atoms with Gasteiger partial charge < -0.3 is 4.57 Å². The Kier molecular flexibility index (Phi) is 3.28. The van der Waals surface area contributed by atoms with Crippen LogP contribution in [0.3, 0.4) is 0 Å². The molecule has 2 saturated carbocycles. The molecule has 0 aromatic carbocycles. The minimum absolute atomic E-state index is 0.134. The Morgan fingerprint density at radius 3 is 2.47 bits per heavy atom. The van der Waals surface area contributed by atoms with Crippen molar-refractivity contribution in [2.24, 2.45) is 5.92 Å². The van der Waals surface area contributed by atoms with E-state index >= 15 is 0 Å². The van der Waals surface area contributed by atoms with E-state index in [1.165, 1.54) is 37.8 Å². The van der Waals surface area contributed by atoms with E-state index < -0.39 is 0 Å². The summed E-state index contributed by atoms with van der Waals surface area (Å²) in [4.78, 5) is 12.8. The molecule has 2 heteroatoms. The molecule has 1 aromatic heterocycles. The van der Waals surface area contributed by atoms with Crippen molar-refractivity contribution in [1.82, 2.24) is 4.57 Å². The largest absolute Gasteiger partial charge is 0.338 e. The minimum Gasteiger partial charge on any atom is -0.338 e. The summed E-state index contributed by atoms with van der Waals surface area (Å²) >= 11 is 0. The van der Waals surface area contributed by atoms with Gasteiger partial charge in [-0.25, -0.2) is 0 Å². The van der Waals surface area contributed by atoms with Crippen LogP contribution in [0, 0.1) is 5.92 Å². The number of Topliss-reactive ketones (excluding diaryl/α,β-unsaturated/α-hetero) is 1. The van der Waals surface area contributed by atoms with Crippen LogP contribution >= 0.6 is 0 Å². The number of hydrogen-bond donors (Lipinski definition) is 0. The van der Waals surface area contributed by atoms with E-state index in [0.29, 0.717) is 11.7 Å². The highest BCUT2D eigenvalue weighted by Gasteiger charge is 2.44. The highest BCUT2D eigenvalue weighted by atomic mass is 16.1. The summed E-state index contributed by atoms with van der Waals surface area (Å²) in [7, 11) is 0. The van der Waals surface area contributed by atoms with Crippen molar-refractivity contribution in [2.75, 3.05) is 0 Å². The van der Waals surface area contributed by atoms with Gasteiger partial charge in [-0.1, -0.05) is 33.1 Å². The standard InChI is InChI=1S/C17H25NO/c1-13(2)16(19)17(10-3-4-11-17)18-12-6-9-15(18)14-7-5-8-14/h6,9,12-14H,3-5,7-8,10-11H2,1-2H3. The summed E-state index contributed by atoms with van der Waals surface area (Å²) in [6.45, 7) is 4.10. The number of hydrogen-bond acceptors (Lipinski definition) is 1. The smallest absolute Gasteiger partial charge is 0.161 e. The number of aromatic nitrogens is 1. The second-order valence-corrected chi connectivity index (χ2v) is 6.69. The SMILES string of the molecule is CC(C)C(=O)C1(n2cccc2C2CCC2)CCCC1. The van der Waals surface area contributed by atoms with Gasteiger partial charge in [0.05, 0.1) is 0 Å². The maximum atomic E-state index is 12.8. The van der Waals surface area contributed by atoms with Gasteiger partial charge in [-0.05, 0) is 43.7 Å². The molecule has 0 radical (unpaired) electrons. The molecule has 1 aromatic rings. The van der Waals surface area contributed by atoms with E-state index in [2.05, 4.69) is 36.7 Å². The molecule has 104 valence electrons. The van der Waals surface area contributed by atoms with Gasteiger partial charge in [-0.15, -0.1) is 0 Å². The van der Waals surface area contributed by atoms with Crippen LogP contribution in [0.2, 0.25) is 0 Å². The van der Waals surface area contributed by atoms with Crippen molar-refractivity contribution in [2.45, 2.75) is 70.3 Å². The van der Waals surface area contributed by atoms with Crippen LogP contribution in [0.25, 0.3) is 0 Å². The molecule has 0 aliphatic heterocycles. The lowest BCUT2D eigenvalue weighted by molar-refractivity contribution is -0.130. The van der Waals surface area contributed by atoms with Gasteiger partial charge in [-0.3, -0.25) is 4.79 Å². The highest BCUT2D eigenvalue weighted by molar-refractivity contribution is 5.88. The lowest BCUT2D eigenvalue weighted by Gasteiger charge is -2.37. The zero-order chi connectivity index (χ0) is 13.5. The number of rotatable bonds is 4. The van der Waals surface area contributed by atoms with E-state index in [4.69, 9.17) is 0 Å². The summed E-state index contributed by atoms with van der Waals surface area (Å²) in [5.41, 5.74) is 1.20. The molecular formula is C17H25NO. The first-order valence-electron chi connectivity index (χ1n) is 7.87. The Balaban J connectivity index is 2.00. The second kappa shape index (κ2) is 4.81. The van der Waals surface area contributed by atoms with Gasteiger partial charge in [0.15, 0.2) is 5.78 Å². The number of nitrogens with zero attached hydrogens (tertiary/aromatic N) is 1. The minimum atomic E-state index is -0.220. The predicted octanol–water partition coefficient (Wildman–Crippen LogP) is 4.25. The van der Waals surface area contributed by atoms with E-state index in [1.807, 2.05) is 0 Å². The van der Waals surface area contributed by atoms with Crippen LogP contribution in [-0.2, 0) is 10.3 Å². The van der Waals surface area contributed by atoms with Gasteiger partial charge in [0.1, 0.15) is 5.54 Å². The molecule has 1 heterocycles. The Bertz CT molecular complexity index is 461. The van der Waals surface area contributed by atoms with E-state index in [-0.39, 0.29) is 11.5 Å². The summed E-state index contributed by atoms with van der Waals surface area (Å²) in [6.07, 6.45) is 10.6. The first kappa shape index (κ1) is 13.0. The van der Waals surface area contributed by atoms with E-state index in [0.717, 1.165) is 12.8 Å². The predicted molar refractivity (Wildman–Crippen MR) is 77.3 cm³/mol. The second-order valence-electron chi connectivity index (χ2n) is 6.69. The first-order valence-corrected chi connectivity index (χ1v) is 7.87. The number of ketones is 1. The Labute approximate surface area is 116 Å². The molecule has 0 amide bonds. The summed E-state index contributed by atoms with van der Waals surface area (Å²) in [5.74, 6) is 1.28. The fraction of sp³-hybridized carbons (Fsp3) is 0.706. The van der Waals surface area contributed by atoms with Gasteiger partial charge in [0.2, 0.25) is 0 Å². The van der Waals surface area contributed by atoms with Crippen molar-refractivity contribution in [3.8, 4) is 0 Å². The lowest BCUT2D eigenvalue weighted by Crippen LogP contribution is -2.43. The molecule has 0 saturated heterocycles. The molecule has 3 rings (SSSR count). The van der Waals surface area contributed by atoms with Crippen LogP contribution in [0.5, 0.6) is 0 Å². The molecule has 2 nitrogen and oxygen atoms in total. The molecule has 2 fully saturated rings. The third-order valence-corrected chi connectivity index (χ3v) is 5.18. The summed E-state index contributed by atoms with van der Waals surface area (Å²) in [5, 5.41) is 0. The molecule has 0 N–H and O–H groups in total. The van der Waals surface area contributed by atoms with Gasteiger partial charge in [-0.2, -0.15) is 0 Å². The van der Waals surface area contributed by atoms with Crippen LogP contribution in [0.15, 0.2) is 18.3 Å². The van der Waals surface area contributed by atoms with Crippen LogP contribution in [0.1, 0.15) is 70.4 Å². The lowest BCUT2D eigenvalue weighted by atomic mass is 9.80. The van der Waals surface area contributed by atoms with Crippen molar-refractivity contribution in [1.29, 1.82) is 0 Å². The third-order valence-electron chi connectivity index (χ3n) is 5.18. The average Bonchev–Trinajstić information content (AvgIpc) is 2.94. The van der Waals surface area contributed by atoms with Crippen LogP contribution in [-0.4, -0.2) is 10.4 Å². The average molecular weight is 259 g/mol. The maximum Gasteiger partial charge on any atom is 0.161 e. The molecular weight excluding hydrogens is 234 g/mol. The van der Waals surface area contributed by atoms with Crippen LogP contribution < -0.4 is 0 Å². The quantitative estimate of drug-likeness (QED) is 0.792. The van der Waals surface area contributed by atoms with Crippen molar-refractivity contribution in [3.63, 3.8) is 0 Å². The molecule has 0 unspecified atom stereocenters. The van der Waals surface area contributed by atoms with Crippen molar-refractivity contribution >= 4 is 5.78 Å². The molecule has 0 atom stereocenters. The molecule has 0 spiro atoms. The fourth-order valence-electron chi connectivity index (χ4n) is 3.92. The molecule has 0 bridgehead atoms. The summed E-state index contributed by atoms with van der Waals surface area (Å²) < 4.78 is 2.37. The fourth-order valence-corrected chi connectivity index (χ4v) is 3.92. The summed E-state index contributed by atoms with van der Waals surface area (Å²) in [6, 6.07) is 4.39. The Morgan fingerprint density at radius 2 is 1.95 bits per heavy atom.